The van der Waals surface area contributed by atoms with Crippen LogP contribution >= 0.6 is 0 Å². The second kappa shape index (κ2) is 6.32. The molecule has 1 aliphatic heterocycles. The molecule has 1 atom stereocenters. The summed E-state index contributed by atoms with van der Waals surface area (Å²) in [5, 5.41) is 2.61. The SMILES string of the molecule is CNC(=O)[C@]1(C)CN(C(=O)Cc2ccc3c(c2)CCC3)CCO1. The van der Waals surface area contributed by atoms with Crippen LogP contribution in [0.25, 0.3) is 0 Å². The number of ether oxygens (including phenoxy) is 1. The largest absolute Gasteiger partial charge is 0.362 e. The third-order valence-corrected chi connectivity index (χ3v) is 4.85. The number of carbonyl (C=O) groups is 2. The van der Waals surface area contributed by atoms with E-state index in [0.717, 1.165) is 18.4 Å². The first kappa shape index (κ1) is 16.0. The molecule has 2 aliphatic rings. The minimum atomic E-state index is -0.958. The van der Waals surface area contributed by atoms with E-state index in [1.807, 2.05) is 0 Å². The molecule has 0 saturated carbocycles. The smallest absolute Gasteiger partial charge is 0.253 e. The molecule has 0 aromatic heterocycles. The summed E-state index contributed by atoms with van der Waals surface area (Å²) < 4.78 is 5.60. The minimum Gasteiger partial charge on any atom is -0.362 e. The van der Waals surface area contributed by atoms with E-state index in [0.29, 0.717) is 26.1 Å². The van der Waals surface area contributed by atoms with Crippen molar-refractivity contribution in [1.82, 2.24) is 10.2 Å². The van der Waals surface area contributed by atoms with Crippen molar-refractivity contribution in [2.75, 3.05) is 26.7 Å². The van der Waals surface area contributed by atoms with Crippen LogP contribution in [0.15, 0.2) is 18.2 Å². The zero-order chi connectivity index (χ0) is 16.4. The summed E-state index contributed by atoms with van der Waals surface area (Å²) in [7, 11) is 1.59. The van der Waals surface area contributed by atoms with E-state index in [9.17, 15) is 9.59 Å². The lowest BCUT2D eigenvalue weighted by Crippen LogP contribution is -2.59. The lowest BCUT2D eigenvalue weighted by Gasteiger charge is -2.39. The number of benzene rings is 1. The molecule has 1 aromatic rings. The van der Waals surface area contributed by atoms with Gasteiger partial charge in [-0.15, -0.1) is 0 Å². The number of nitrogens with zero attached hydrogens (tertiary/aromatic N) is 1. The Morgan fingerprint density at radius 3 is 2.87 bits per heavy atom. The van der Waals surface area contributed by atoms with Gasteiger partial charge in [-0.2, -0.15) is 0 Å². The molecule has 5 heteroatoms. The molecule has 124 valence electrons. The molecule has 23 heavy (non-hydrogen) atoms. The van der Waals surface area contributed by atoms with Crippen LogP contribution in [0.5, 0.6) is 0 Å². The standard InChI is InChI=1S/C18H24N2O3/c1-18(17(22)19-2)12-20(8-9-23-18)16(21)11-13-6-7-14-4-3-5-15(14)10-13/h6-7,10H,3-5,8-9,11-12H2,1-2H3,(H,19,22)/t18-/m0/s1. The molecule has 5 nitrogen and oxygen atoms in total. The van der Waals surface area contributed by atoms with Crippen molar-refractivity contribution in [3.8, 4) is 0 Å². The zero-order valence-electron chi connectivity index (χ0n) is 13.9. The van der Waals surface area contributed by atoms with Gasteiger partial charge in [0.25, 0.3) is 5.91 Å². The maximum Gasteiger partial charge on any atom is 0.253 e. The van der Waals surface area contributed by atoms with Gasteiger partial charge in [0.1, 0.15) is 0 Å². The van der Waals surface area contributed by atoms with E-state index in [4.69, 9.17) is 4.74 Å². The summed E-state index contributed by atoms with van der Waals surface area (Å²) in [6.07, 6.45) is 3.86. The fourth-order valence-electron chi connectivity index (χ4n) is 3.51. The predicted molar refractivity (Wildman–Crippen MR) is 87.2 cm³/mol. The molecular formula is C18H24N2O3. The Bertz CT molecular complexity index is 629. The molecule has 1 fully saturated rings. The lowest BCUT2D eigenvalue weighted by molar-refractivity contribution is -0.162. The van der Waals surface area contributed by atoms with Crippen LogP contribution in [-0.2, 0) is 33.6 Å². The van der Waals surface area contributed by atoms with Crippen LogP contribution in [0.2, 0.25) is 0 Å². The Hall–Kier alpha value is -1.88. The number of aryl methyl sites for hydroxylation is 2. The maximum atomic E-state index is 12.6. The fraction of sp³-hybridized carbons (Fsp3) is 0.556. The number of morpholine rings is 1. The molecule has 1 aliphatic carbocycles. The average molecular weight is 316 g/mol. The van der Waals surface area contributed by atoms with Gasteiger partial charge in [0.15, 0.2) is 5.60 Å². The van der Waals surface area contributed by atoms with E-state index in [-0.39, 0.29) is 11.8 Å². The number of nitrogens with one attached hydrogen (secondary N) is 1. The second-order valence-electron chi connectivity index (χ2n) is 6.61. The van der Waals surface area contributed by atoms with Gasteiger partial charge < -0.3 is 15.0 Å². The molecule has 1 saturated heterocycles. The van der Waals surface area contributed by atoms with Gasteiger partial charge in [0, 0.05) is 13.6 Å². The monoisotopic (exact) mass is 316 g/mol. The molecular weight excluding hydrogens is 292 g/mol. The fourth-order valence-corrected chi connectivity index (χ4v) is 3.51. The van der Waals surface area contributed by atoms with Crippen LogP contribution < -0.4 is 5.32 Å². The first-order chi connectivity index (χ1) is 11.0. The Kier molecular flexibility index (Phi) is 4.39. The van der Waals surface area contributed by atoms with Crippen molar-refractivity contribution >= 4 is 11.8 Å². The first-order valence-corrected chi connectivity index (χ1v) is 8.26. The summed E-state index contributed by atoms with van der Waals surface area (Å²) in [5.41, 5.74) is 2.90. The summed E-state index contributed by atoms with van der Waals surface area (Å²) in [4.78, 5) is 26.3. The highest BCUT2D eigenvalue weighted by atomic mass is 16.5. The van der Waals surface area contributed by atoms with Crippen molar-refractivity contribution in [3.05, 3.63) is 34.9 Å². The summed E-state index contributed by atoms with van der Waals surface area (Å²) in [5.74, 6) is -0.131. The van der Waals surface area contributed by atoms with Gasteiger partial charge >= 0.3 is 0 Å². The van der Waals surface area contributed by atoms with Crippen LogP contribution in [-0.4, -0.2) is 49.1 Å². The van der Waals surface area contributed by atoms with E-state index in [1.54, 1.807) is 18.9 Å². The number of hydrogen-bond donors (Lipinski definition) is 1. The number of amides is 2. The number of fused-ring (bicyclic) bond motifs is 1. The van der Waals surface area contributed by atoms with Crippen molar-refractivity contribution in [2.45, 2.75) is 38.2 Å². The number of hydrogen-bond acceptors (Lipinski definition) is 3. The van der Waals surface area contributed by atoms with E-state index >= 15 is 0 Å². The Labute approximate surface area is 137 Å². The van der Waals surface area contributed by atoms with E-state index in [2.05, 4.69) is 23.5 Å². The summed E-state index contributed by atoms with van der Waals surface area (Å²) in [6.45, 7) is 2.97. The van der Waals surface area contributed by atoms with Crippen molar-refractivity contribution < 1.29 is 14.3 Å². The molecule has 0 spiro atoms. The van der Waals surface area contributed by atoms with Gasteiger partial charge in [-0.3, -0.25) is 9.59 Å². The molecule has 0 radical (unpaired) electrons. The number of rotatable bonds is 3. The van der Waals surface area contributed by atoms with Crippen molar-refractivity contribution in [2.24, 2.45) is 0 Å². The van der Waals surface area contributed by atoms with Gasteiger partial charge in [0.05, 0.1) is 19.6 Å². The van der Waals surface area contributed by atoms with Crippen molar-refractivity contribution in [3.63, 3.8) is 0 Å². The van der Waals surface area contributed by atoms with Crippen LogP contribution in [0.4, 0.5) is 0 Å². The third-order valence-electron chi connectivity index (χ3n) is 4.85. The molecule has 3 rings (SSSR count). The topological polar surface area (TPSA) is 58.6 Å². The molecule has 1 N–H and O–H groups in total. The van der Waals surface area contributed by atoms with Crippen LogP contribution in [0, 0.1) is 0 Å². The number of carbonyl (C=O) groups excluding carboxylic acids is 2. The Morgan fingerprint density at radius 2 is 2.09 bits per heavy atom. The maximum absolute atomic E-state index is 12.6. The highest BCUT2D eigenvalue weighted by molar-refractivity contribution is 5.86. The van der Waals surface area contributed by atoms with Crippen LogP contribution in [0.3, 0.4) is 0 Å². The van der Waals surface area contributed by atoms with Gasteiger partial charge in [-0.25, -0.2) is 0 Å². The predicted octanol–water partition coefficient (Wildman–Crippen LogP) is 1.08. The molecule has 1 aromatic carbocycles. The van der Waals surface area contributed by atoms with Crippen molar-refractivity contribution in [1.29, 1.82) is 0 Å². The Morgan fingerprint density at radius 1 is 1.30 bits per heavy atom. The van der Waals surface area contributed by atoms with Gasteiger partial charge in [0.2, 0.25) is 5.91 Å². The van der Waals surface area contributed by atoms with E-state index < -0.39 is 5.60 Å². The molecule has 1 heterocycles. The quantitative estimate of drug-likeness (QED) is 0.908. The minimum absolute atomic E-state index is 0.0568. The summed E-state index contributed by atoms with van der Waals surface area (Å²) >= 11 is 0. The molecule has 0 bridgehead atoms. The molecule has 2 amide bonds. The zero-order valence-corrected chi connectivity index (χ0v) is 13.9. The third kappa shape index (κ3) is 3.24. The highest BCUT2D eigenvalue weighted by Gasteiger charge is 2.40. The van der Waals surface area contributed by atoms with Gasteiger partial charge in [-0.05, 0) is 42.9 Å². The molecule has 0 unspecified atom stereocenters. The van der Waals surface area contributed by atoms with Crippen LogP contribution in [0.1, 0.15) is 30.0 Å². The van der Waals surface area contributed by atoms with E-state index in [1.165, 1.54) is 17.5 Å². The highest BCUT2D eigenvalue weighted by Crippen LogP contribution is 2.24. The number of likely N-dealkylation sites (N-methyl/N-ethyl adjacent to an activating group) is 1. The van der Waals surface area contributed by atoms with Gasteiger partial charge in [-0.1, -0.05) is 18.2 Å². The second-order valence-corrected chi connectivity index (χ2v) is 6.61. The summed E-state index contributed by atoms with van der Waals surface area (Å²) in [6, 6.07) is 6.37. The lowest BCUT2D eigenvalue weighted by atomic mass is 10.0. The normalized spacial score (nSPS) is 23.5. The first-order valence-electron chi connectivity index (χ1n) is 8.26. The average Bonchev–Trinajstić information content (AvgIpc) is 3.01. The Balaban J connectivity index is 1.67.